The second-order valence-corrected chi connectivity index (χ2v) is 5.21. The molecular formula is C16H20N2. The van der Waals surface area contributed by atoms with E-state index in [-0.39, 0.29) is 5.92 Å². The van der Waals surface area contributed by atoms with Crippen LogP contribution in [0.5, 0.6) is 0 Å². The molecule has 1 heterocycles. The van der Waals surface area contributed by atoms with Crippen molar-refractivity contribution in [2.75, 3.05) is 0 Å². The van der Waals surface area contributed by atoms with Gasteiger partial charge in [-0.05, 0) is 37.8 Å². The second-order valence-electron chi connectivity index (χ2n) is 5.21. The van der Waals surface area contributed by atoms with Crippen LogP contribution < -0.4 is 0 Å². The normalized spacial score (nSPS) is 17.3. The number of rotatable bonds is 4. The van der Waals surface area contributed by atoms with E-state index in [0.29, 0.717) is 12.3 Å². The van der Waals surface area contributed by atoms with E-state index < -0.39 is 0 Å². The molecule has 0 aromatic carbocycles. The van der Waals surface area contributed by atoms with Crippen molar-refractivity contribution in [2.24, 2.45) is 11.8 Å². The Morgan fingerprint density at radius 3 is 2.83 bits per heavy atom. The van der Waals surface area contributed by atoms with Gasteiger partial charge in [-0.15, -0.1) is 0 Å². The average molecular weight is 240 g/mol. The fourth-order valence-corrected chi connectivity index (χ4v) is 2.76. The van der Waals surface area contributed by atoms with Gasteiger partial charge in [0.05, 0.1) is 12.0 Å². The zero-order chi connectivity index (χ0) is 13.0. The van der Waals surface area contributed by atoms with Crippen molar-refractivity contribution < 1.29 is 0 Å². The molecular weight excluding hydrogens is 220 g/mol. The van der Waals surface area contributed by atoms with Gasteiger partial charge >= 0.3 is 0 Å². The van der Waals surface area contributed by atoms with Crippen LogP contribution in [-0.2, 0) is 6.42 Å². The zero-order valence-electron chi connectivity index (χ0n) is 11.0. The van der Waals surface area contributed by atoms with Crippen molar-refractivity contribution in [1.82, 2.24) is 4.98 Å². The molecule has 1 fully saturated rings. The lowest BCUT2D eigenvalue weighted by molar-refractivity contribution is 0.564. The maximum absolute atomic E-state index is 9.35. The standard InChI is InChI=1S/C16H20N2/c1-12-6-5-9-16(18-12)10-15(11-17)13(2)14-7-3-4-8-14/h5-6,9,14-15H,2-4,7-8,10H2,1H3. The van der Waals surface area contributed by atoms with Crippen molar-refractivity contribution in [2.45, 2.75) is 39.0 Å². The average Bonchev–Trinajstić information content (AvgIpc) is 2.89. The molecule has 0 N–H and O–H groups in total. The van der Waals surface area contributed by atoms with E-state index >= 15 is 0 Å². The Bertz CT molecular complexity index is 464. The third kappa shape index (κ3) is 2.98. The summed E-state index contributed by atoms with van der Waals surface area (Å²) in [5.41, 5.74) is 3.13. The molecule has 1 saturated carbocycles. The fraction of sp³-hybridized carbons (Fsp3) is 0.500. The van der Waals surface area contributed by atoms with Gasteiger partial charge in [-0.1, -0.05) is 31.1 Å². The van der Waals surface area contributed by atoms with E-state index in [0.717, 1.165) is 17.0 Å². The number of aromatic nitrogens is 1. The Morgan fingerprint density at radius 1 is 1.50 bits per heavy atom. The molecule has 0 radical (unpaired) electrons. The first-order valence-corrected chi connectivity index (χ1v) is 6.71. The zero-order valence-corrected chi connectivity index (χ0v) is 11.0. The first-order valence-electron chi connectivity index (χ1n) is 6.71. The molecule has 0 bridgehead atoms. The predicted molar refractivity (Wildman–Crippen MR) is 72.9 cm³/mol. The lowest BCUT2D eigenvalue weighted by Crippen LogP contribution is -2.12. The van der Waals surface area contributed by atoms with Crippen LogP contribution in [0.25, 0.3) is 0 Å². The molecule has 0 spiro atoms. The first-order chi connectivity index (χ1) is 8.70. The Kier molecular flexibility index (Phi) is 4.15. The van der Waals surface area contributed by atoms with Crippen molar-refractivity contribution in [1.29, 1.82) is 5.26 Å². The highest BCUT2D eigenvalue weighted by atomic mass is 14.7. The molecule has 2 heteroatoms. The monoisotopic (exact) mass is 240 g/mol. The van der Waals surface area contributed by atoms with Gasteiger partial charge in [0.1, 0.15) is 0 Å². The van der Waals surface area contributed by atoms with Gasteiger partial charge in [-0.2, -0.15) is 5.26 Å². The van der Waals surface area contributed by atoms with Crippen LogP contribution in [0.3, 0.4) is 0 Å². The Hall–Kier alpha value is -1.62. The largest absolute Gasteiger partial charge is 0.258 e. The molecule has 94 valence electrons. The minimum atomic E-state index is -0.0811. The van der Waals surface area contributed by atoms with Gasteiger partial charge in [-0.3, -0.25) is 4.98 Å². The van der Waals surface area contributed by atoms with Gasteiger partial charge < -0.3 is 0 Å². The predicted octanol–water partition coefficient (Wildman–Crippen LogP) is 3.82. The van der Waals surface area contributed by atoms with Gasteiger partial charge in [0.25, 0.3) is 0 Å². The van der Waals surface area contributed by atoms with Gasteiger partial charge in [-0.25, -0.2) is 0 Å². The summed E-state index contributed by atoms with van der Waals surface area (Å²) in [5.74, 6) is 0.474. The summed E-state index contributed by atoms with van der Waals surface area (Å²) in [6, 6.07) is 8.39. The number of nitrogens with zero attached hydrogens (tertiary/aromatic N) is 2. The van der Waals surface area contributed by atoms with Crippen LogP contribution in [0.1, 0.15) is 37.1 Å². The van der Waals surface area contributed by atoms with Crippen molar-refractivity contribution in [3.05, 3.63) is 41.7 Å². The number of nitriles is 1. The van der Waals surface area contributed by atoms with E-state index in [1.165, 1.54) is 25.7 Å². The van der Waals surface area contributed by atoms with Gasteiger partial charge in [0, 0.05) is 17.8 Å². The highest BCUT2D eigenvalue weighted by molar-refractivity contribution is 5.20. The molecule has 1 aliphatic carbocycles. The number of pyridine rings is 1. The van der Waals surface area contributed by atoms with E-state index in [9.17, 15) is 5.26 Å². The smallest absolute Gasteiger partial charge is 0.0728 e. The molecule has 1 unspecified atom stereocenters. The summed E-state index contributed by atoms with van der Waals surface area (Å²) in [4.78, 5) is 4.48. The minimum Gasteiger partial charge on any atom is -0.258 e. The summed E-state index contributed by atoms with van der Waals surface area (Å²) in [6.07, 6.45) is 5.68. The highest BCUT2D eigenvalue weighted by Crippen LogP contribution is 2.34. The van der Waals surface area contributed by atoms with Crippen LogP contribution in [0.15, 0.2) is 30.4 Å². The van der Waals surface area contributed by atoms with Crippen molar-refractivity contribution >= 4 is 0 Å². The topological polar surface area (TPSA) is 36.7 Å². The molecule has 0 amide bonds. The van der Waals surface area contributed by atoms with Crippen LogP contribution >= 0.6 is 0 Å². The molecule has 1 aromatic rings. The number of allylic oxidation sites excluding steroid dienone is 1. The molecule has 0 saturated heterocycles. The molecule has 1 aromatic heterocycles. The Balaban J connectivity index is 2.05. The minimum absolute atomic E-state index is 0.0811. The molecule has 0 aliphatic heterocycles. The molecule has 1 atom stereocenters. The molecule has 2 rings (SSSR count). The SMILES string of the molecule is C=C(C(C#N)Cc1cccc(C)n1)C1CCCC1. The van der Waals surface area contributed by atoms with E-state index in [1.54, 1.807) is 0 Å². The molecule has 2 nitrogen and oxygen atoms in total. The number of hydrogen-bond donors (Lipinski definition) is 0. The van der Waals surface area contributed by atoms with Crippen LogP contribution in [-0.4, -0.2) is 4.98 Å². The van der Waals surface area contributed by atoms with Crippen LogP contribution in [0.4, 0.5) is 0 Å². The number of aryl methyl sites for hydroxylation is 1. The van der Waals surface area contributed by atoms with Gasteiger partial charge in [0.2, 0.25) is 0 Å². The highest BCUT2D eigenvalue weighted by Gasteiger charge is 2.24. The summed E-state index contributed by atoms with van der Waals surface area (Å²) < 4.78 is 0. The van der Waals surface area contributed by atoms with E-state index in [1.807, 2.05) is 25.1 Å². The van der Waals surface area contributed by atoms with Crippen LogP contribution in [0.2, 0.25) is 0 Å². The first kappa shape index (κ1) is 12.8. The Morgan fingerprint density at radius 2 is 2.22 bits per heavy atom. The third-order valence-electron chi connectivity index (χ3n) is 3.84. The van der Waals surface area contributed by atoms with Gasteiger partial charge in [0.15, 0.2) is 0 Å². The lowest BCUT2D eigenvalue weighted by Gasteiger charge is -2.18. The third-order valence-corrected chi connectivity index (χ3v) is 3.84. The van der Waals surface area contributed by atoms with E-state index in [4.69, 9.17) is 0 Å². The lowest BCUT2D eigenvalue weighted by atomic mass is 9.86. The van der Waals surface area contributed by atoms with Crippen molar-refractivity contribution in [3.63, 3.8) is 0 Å². The number of hydrogen-bond acceptors (Lipinski definition) is 2. The summed E-state index contributed by atoms with van der Waals surface area (Å²) in [5, 5.41) is 9.35. The fourth-order valence-electron chi connectivity index (χ4n) is 2.76. The Labute approximate surface area is 109 Å². The molecule has 18 heavy (non-hydrogen) atoms. The molecule has 1 aliphatic rings. The van der Waals surface area contributed by atoms with Crippen LogP contribution in [0, 0.1) is 30.1 Å². The second kappa shape index (κ2) is 5.82. The van der Waals surface area contributed by atoms with E-state index in [2.05, 4.69) is 17.6 Å². The maximum Gasteiger partial charge on any atom is 0.0728 e. The summed E-state index contributed by atoms with van der Waals surface area (Å²) in [6.45, 7) is 6.16. The quantitative estimate of drug-likeness (QED) is 0.750. The van der Waals surface area contributed by atoms with Crippen molar-refractivity contribution in [3.8, 4) is 6.07 Å². The maximum atomic E-state index is 9.35. The summed E-state index contributed by atoms with van der Waals surface area (Å²) >= 11 is 0. The summed E-state index contributed by atoms with van der Waals surface area (Å²) in [7, 11) is 0.